The molecule has 88 valence electrons. The first-order valence-electron chi connectivity index (χ1n) is 6.72. The van der Waals surface area contributed by atoms with Gasteiger partial charge in [-0.1, -0.05) is 30.7 Å². The molecule has 0 aliphatic heterocycles. The lowest BCUT2D eigenvalue weighted by atomic mass is 9.78. The second-order valence-corrected chi connectivity index (χ2v) is 6.05. The van der Waals surface area contributed by atoms with Crippen molar-refractivity contribution >= 4 is 0 Å². The van der Waals surface area contributed by atoms with Crippen LogP contribution in [0, 0.1) is 29.6 Å². The van der Waals surface area contributed by atoms with Crippen LogP contribution in [0.3, 0.4) is 0 Å². The van der Waals surface area contributed by atoms with Crippen LogP contribution in [-0.2, 0) is 0 Å². The standard InChI is InChI=1S/C15H22O/c1-9(10(2)16)6-11-7-12-8-15(11)14-5-3-4-13(12)14/h3,5-6,9-10,12-16H,4,7-8H2,1-2H3/t9-,10+,12-,13+,14+,15-/m0/s1. The fourth-order valence-corrected chi connectivity index (χ4v) is 4.05. The Balaban J connectivity index is 1.79. The van der Waals surface area contributed by atoms with Crippen molar-refractivity contribution in [2.75, 3.05) is 0 Å². The molecule has 2 fully saturated rings. The number of aliphatic hydroxyl groups is 1. The molecular weight excluding hydrogens is 196 g/mol. The van der Waals surface area contributed by atoms with E-state index in [1.54, 1.807) is 5.57 Å². The maximum absolute atomic E-state index is 9.58. The van der Waals surface area contributed by atoms with Crippen LogP contribution < -0.4 is 0 Å². The molecule has 0 aromatic carbocycles. The summed E-state index contributed by atoms with van der Waals surface area (Å²) in [7, 11) is 0. The summed E-state index contributed by atoms with van der Waals surface area (Å²) in [5.74, 6) is 3.88. The van der Waals surface area contributed by atoms with Gasteiger partial charge >= 0.3 is 0 Å². The summed E-state index contributed by atoms with van der Waals surface area (Å²) >= 11 is 0. The van der Waals surface area contributed by atoms with Gasteiger partial charge in [0, 0.05) is 0 Å². The lowest BCUT2D eigenvalue weighted by Crippen LogP contribution is -2.20. The molecule has 1 heteroatoms. The second-order valence-electron chi connectivity index (χ2n) is 6.05. The first kappa shape index (κ1) is 10.6. The quantitative estimate of drug-likeness (QED) is 0.706. The van der Waals surface area contributed by atoms with Gasteiger partial charge in [0.1, 0.15) is 0 Å². The Morgan fingerprint density at radius 3 is 3.00 bits per heavy atom. The van der Waals surface area contributed by atoms with Gasteiger partial charge in [0.05, 0.1) is 6.10 Å². The topological polar surface area (TPSA) is 20.2 Å². The molecule has 3 aliphatic rings. The molecule has 6 atom stereocenters. The van der Waals surface area contributed by atoms with Gasteiger partial charge in [0.2, 0.25) is 0 Å². The third-order valence-electron chi connectivity index (χ3n) is 5.10. The molecule has 16 heavy (non-hydrogen) atoms. The van der Waals surface area contributed by atoms with Crippen LogP contribution in [-0.4, -0.2) is 11.2 Å². The number of hydrogen-bond acceptors (Lipinski definition) is 1. The van der Waals surface area contributed by atoms with Crippen LogP contribution in [0.2, 0.25) is 0 Å². The summed E-state index contributed by atoms with van der Waals surface area (Å²) < 4.78 is 0. The summed E-state index contributed by atoms with van der Waals surface area (Å²) in [6.45, 7) is 4.03. The number of fused-ring (bicyclic) bond motifs is 5. The van der Waals surface area contributed by atoms with Gasteiger partial charge in [0.25, 0.3) is 0 Å². The molecule has 1 N–H and O–H groups in total. The van der Waals surface area contributed by atoms with E-state index >= 15 is 0 Å². The van der Waals surface area contributed by atoms with Crippen LogP contribution in [0.1, 0.15) is 33.1 Å². The monoisotopic (exact) mass is 218 g/mol. The van der Waals surface area contributed by atoms with E-state index in [2.05, 4.69) is 25.2 Å². The largest absolute Gasteiger partial charge is 0.393 e. The smallest absolute Gasteiger partial charge is 0.0572 e. The van der Waals surface area contributed by atoms with E-state index in [1.165, 1.54) is 19.3 Å². The highest BCUT2D eigenvalue weighted by Crippen LogP contribution is 2.58. The number of aliphatic hydroxyl groups excluding tert-OH is 1. The SMILES string of the molecule is C[C@@H](O)[C@@H](C)C=C1C[C@H]2C[C@@H]1[C@@H]1C=CC[C@H]21. The predicted octanol–water partition coefficient (Wildman–Crippen LogP) is 3.16. The van der Waals surface area contributed by atoms with Gasteiger partial charge in [-0.3, -0.25) is 0 Å². The highest BCUT2D eigenvalue weighted by atomic mass is 16.3. The number of allylic oxidation sites excluding steroid dienone is 3. The maximum Gasteiger partial charge on any atom is 0.0572 e. The molecule has 0 aromatic rings. The Morgan fingerprint density at radius 2 is 2.25 bits per heavy atom. The number of rotatable bonds is 2. The van der Waals surface area contributed by atoms with E-state index in [0.717, 1.165) is 23.7 Å². The molecule has 2 saturated carbocycles. The van der Waals surface area contributed by atoms with Crippen molar-refractivity contribution in [2.45, 2.75) is 39.2 Å². The van der Waals surface area contributed by atoms with Crippen molar-refractivity contribution in [1.29, 1.82) is 0 Å². The van der Waals surface area contributed by atoms with Crippen LogP contribution in [0.15, 0.2) is 23.8 Å². The molecule has 0 unspecified atom stereocenters. The first-order valence-corrected chi connectivity index (χ1v) is 6.72. The molecule has 0 amide bonds. The highest BCUT2D eigenvalue weighted by molar-refractivity contribution is 5.27. The van der Waals surface area contributed by atoms with Crippen LogP contribution in [0.25, 0.3) is 0 Å². The van der Waals surface area contributed by atoms with Crippen LogP contribution >= 0.6 is 0 Å². The zero-order valence-corrected chi connectivity index (χ0v) is 10.3. The Bertz CT molecular complexity index is 339. The van der Waals surface area contributed by atoms with Gasteiger partial charge in [-0.25, -0.2) is 0 Å². The fourth-order valence-electron chi connectivity index (χ4n) is 4.05. The minimum atomic E-state index is -0.207. The predicted molar refractivity (Wildman–Crippen MR) is 65.9 cm³/mol. The van der Waals surface area contributed by atoms with E-state index < -0.39 is 0 Å². The lowest BCUT2D eigenvalue weighted by molar-refractivity contribution is 0.156. The summed E-state index contributed by atoms with van der Waals surface area (Å²) in [5, 5.41) is 9.58. The first-order chi connectivity index (χ1) is 7.66. The zero-order valence-electron chi connectivity index (χ0n) is 10.3. The van der Waals surface area contributed by atoms with Crippen molar-refractivity contribution in [3.63, 3.8) is 0 Å². The van der Waals surface area contributed by atoms with Gasteiger partial charge in [-0.05, 0) is 55.8 Å². The summed E-state index contributed by atoms with van der Waals surface area (Å²) in [6, 6.07) is 0. The maximum atomic E-state index is 9.58. The van der Waals surface area contributed by atoms with Crippen molar-refractivity contribution in [3.05, 3.63) is 23.8 Å². The molecule has 3 aliphatic carbocycles. The Hall–Kier alpha value is -0.560. The Labute approximate surface area is 98.2 Å². The fraction of sp³-hybridized carbons (Fsp3) is 0.733. The van der Waals surface area contributed by atoms with Crippen LogP contribution in [0.4, 0.5) is 0 Å². The third kappa shape index (κ3) is 1.48. The van der Waals surface area contributed by atoms with Crippen molar-refractivity contribution < 1.29 is 5.11 Å². The molecule has 2 bridgehead atoms. The molecule has 0 spiro atoms. The van der Waals surface area contributed by atoms with Crippen molar-refractivity contribution in [2.24, 2.45) is 29.6 Å². The zero-order chi connectivity index (χ0) is 11.3. The Morgan fingerprint density at radius 1 is 1.44 bits per heavy atom. The average Bonchev–Trinajstić information content (AvgIpc) is 2.87. The lowest BCUT2D eigenvalue weighted by Gasteiger charge is -2.27. The van der Waals surface area contributed by atoms with Gasteiger partial charge in [-0.15, -0.1) is 0 Å². The average molecular weight is 218 g/mol. The van der Waals surface area contributed by atoms with Crippen LogP contribution in [0.5, 0.6) is 0 Å². The van der Waals surface area contributed by atoms with E-state index in [0.29, 0.717) is 5.92 Å². The molecule has 3 rings (SSSR count). The molecule has 0 aromatic heterocycles. The Kier molecular flexibility index (Phi) is 2.47. The normalized spacial score (nSPS) is 46.3. The minimum Gasteiger partial charge on any atom is -0.393 e. The number of hydrogen-bond donors (Lipinski definition) is 1. The summed E-state index contributed by atoms with van der Waals surface area (Å²) in [5.41, 5.74) is 1.64. The summed E-state index contributed by atoms with van der Waals surface area (Å²) in [6.07, 6.45) is 11.0. The van der Waals surface area contributed by atoms with E-state index in [9.17, 15) is 5.11 Å². The van der Waals surface area contributed by atoms with E-state index in [4.69, 9.17) is 0 Å². The van der Waals surface area contributed by atoms with E-state index in [1.807, 2.05) is 6.92 Å². The van der Waals surface area contributed by atoms with Gasteiger partial charge < -0.3 is 5.11 Å². The molecular formula is C15H22O. The van der Waals surface area contributed by atoms with Gasteiger partial charge in [-0.2, -0.15) is 0 Å². The van der Waals surface area contributed by atoms with E-state index in [-0.39, 0.29) is 6.10 Å². The summed E-state index contributed by atoms with van der Waals surface area (Å²) in [4.78, 5) is 0. The third-order valence-corrected chi connectivity index (χ3v) is 5.10. The second kappa shape index (κ2) is 3.73. The molecule has 0 heterocycles. The minimum absolute atomic E-state index is 0.207. The van der Waals surface area contributed by atoms with Gasteiger partial charge in [0.15, 0.2) is 0 Å². The molecule has 0 radical (unpaired) electrons. The molecule has 0 saturated heterocycles. The van der Waals surface area contributed by atoms with Crippen molar-refractivity contribution in [1.82, 2.24) is 0 Å². The highest BCUT2D eigenvalue weighted by Gasteiger charge is 2.49. The molecule has 1 nitrogen and oxygen atoms in total. The van der Waals surface area contributed by atoms with Crippen molar-refractivity contribution in [3.8, 4) is 0 Å².